The molecular weight excluding hydrogens is 262 g/mol. The summed E-state index contributed by atoms with van der Waals surface area (Å²) in [4.78, 5) is 10.2. The van der Waals surface area contributed by atoms with Gasteiger partial charge in [-0.1, -0.05) is 6.07 Å². The van der Waals surface area contributed by atoms with Gasteiger partial charge in [0.2, 0.25) is 0 Å². The first-order valence-electron chi connectivity index (χ1n) is 4.55. The lowest BCUT2D eigenvalue weighted by atomic mass is 10.2. The maximum Gasteiger partial charge on any atom is 0.283 e. The second-order valence-corrected chi connectivity index (χ2v) is 4.26. The minimum Gasteiger partial charge on any atom is -0.374 e. The van der Waals surface area contributed by atoms with Crippen LogP contribution in [0, 0.1) is 10.1 Å². The molecule has 0 spiro atoms. The van der Waals surface area contributed by atoms with Gasteiger partial charge >= 0.3 is 0 Å². The average Bonchev–Trinajstić information content (AvgIpc) is 2.16. The molecule has 1 aromatic rings. The number of hydrogen-bond acceptors (Lipinski definition) is 3. The van der Waals surface area contributed by atoms with E-state index in [-0.39, 0.29) is 11.8 Å². The molecule has 0 saturated carbocycles. The van der Waals surface area contributed by atoms with E-state index in [1.54, 1.807) is 12.1 Å². The Bertz CT molecular complexity index is 366. The predicted octanol–water partition coefficient (Wildman–Crippen LogP) is 3.28. The molecule has 0 aliphatic heterocycles. The van der Waals surface area contributed by atoms with Crippen LogP contribution in [0.25, 0.3) is 0 Å². The molecular formula is C10H12BrNO3. The van der Waals surface area contributed by atoms with Gasteiger partial charge in [-0.15, -0.1) is 0 Å². The van der Waals surface area contributed by atoms with Gasteiger partial charge in [0.25, 0.3) is 5.69 Å². The Balaban J connectivity index is 2.83. The van der Waals surface area contributed by atoms with Crippen molar-refractivity contribution in [1.29, 1.82) is 0 Å². The Morgan fingerprint density at radius 1 is 1.53 bits per heavy atom. The number of halogens is 1. The molecule has 5 heteroatoms. The van der Waals surface area contributed by atoms with Gasteiger partial charge in [0.05, 0.1) is 22.1 Å². The van der Waals surface area contributed by atoms with E-state index in [4.69, 9.17) is 4.74 Å². The monoisotopic (exact) mass is 273 g/mol. The molecule has 0 radical (unpaired) electrons. The van der Waals surface area contributed by atoms with Crippen LogP contribution >= 0.6 is 15.9 Å². The second-order valence-electron chi connectivity index (χ2n) is 3.40. The number of ether oxygens (including phenoxy) is 1. The Morgan fingerprint density at radius 3 is 2.73 bits per heavy atom. The number of nitrogens with zero attached hydrogens (tertiary/aromatic N) is 1. The number of nitro benzene ring substituents is 1. The van der Waals surface area contributed by atoms with Crippen LogP contribution in [0.15, 0.2) is 22.7 Å². The molecule has 1 aromatic carbocycles. The molecule has 0 aromatic heterocycles. The van der Waals surface area contributed by atoms with Crippen LogP contribution in [-0.2, 0) is 11.3 Å². The van der Waals surface area contributed by atoms with Gasteiger partial charge in [0.15, 0.2) is 0 Å². The molecule has 0 aliphatic carbocycles. The topological polar surface area (TPSA) is 52.4 Å². The Hall–Kier alpha value is -0.940. The van der Waals surface area contributed by atoms with Crippen molar-refractivity contribution in [3.05, 3.63) is 38.3 Å². The molecule has 0 saturated heterocycles. The van der Waals surface area contributed by atoms with Crippen LogP contribution < -0.4 is 0 Å². The van der Waals surface area contributed by atoms with Gasteiger partial charge in [-0.3, -0.25) is 10.1 Å². The number of hydrogen-bond donors (Lipinski definition) is 0. The fraction of sp³-hybridized carbons (Fsp3) is 0.400. The molecule has 0 fully saturated rings. The standard InChI is InChI=1S/C10H12BrNO3/c1-7(2)15-6-8-3-4-9(11)10(5-8)12(13)14/h3-5,7H,6H2,1-2H3. The smallest absolute Gasteiger partial charge is 0.283 e. The maximum atomic E-state index is 10.6. The summed E-state index contributed by atoms with van der Waals surface area (Å²) >= 11 is 3.13. The largest absolute Gasteiger partial charge is 0.374 e. The number of nitro groups is 1. The quantitative estimate of drug-likeness (QED) is 0.625. The summed E-state index contributed by atoms with van der Waals surface area (Å²) in [6, 6.07) is 4.99. The summed E-state index contributed by atoms with van der Waals surface area (Å²) in [5, 5.41) is 10.6. The van der Waals surface area contributed by atoms with E-state index in [0.717, 1.165) is 5.56 Å². The van der Waals surface area contributed by atoms with Crippen molar-refractivity contribution in [2.75, 3.05) is 0 Å². The molecule has 0 unspecified atom stereocenters. The third kappa shape index (κ3) is 3.60. The van der Waals surface area contributed by atoms with Crippen LogP contribution in [0.1, 0.15) is 19.4 Å². The van der Waals surface area contributed by atoms with Gasteiger partial charge in [-0.05, 0) is 41.4 Å². The van der Waals surface area contributed by atoms with Gasteiger partial charge in [0.1, 0.15) is 0 Å². The Kier molecular flexibility index (Phi) is 4.23. The molecule has 0 amide bonds. The minimum atomic E-state index is -0.414. The van der Waals surface area contributed by atoms with Crippen molar-refractivity contribution in [2.45, 2.75) is 26.6 Å². The van der Waals surface area contributed by atoms with Gasteiger partial charge < -0.3 is 4.74 Å². The number of rotatable bonds is 4. The van der Waals surface area contributed by atoms with E-state index in [1.165, 1.54) is 6.07 Å². The lowest BCUT2D eigenvalue weighted by Gasteiger charge is -2.07. The molecule has 0 N–H and O–H groups in total. The van der Waals surface area contributed by atoms with Crippen molar-refractivity contribution < 1.29 is 9.66 Å². The highest BCUT2D eigenvalue weighted by Gasteiger charge is 2.12. The van der Waals surface area contributed by atoms with E-state index in [9.17, 15) is 10.1 Å². The lowest BCUT2D eigenvalue weighted by Crippen LogP contribution is -2.02. The van der Waals surface area contributed by atoms with E-state index in [1.807, 2.05) is 13.8 Å². The molecule has 0 bridgehead atoms. The average molecular weight is 274 g/mol. The van der Waals surface area contributed by atoms with E-state index in [2.05, 4.69) is 15.9 Å². The zero-order valence-corrected chi connectivity index (χ0v) is 10.2. The predicted molar refractivity (Wildman–Crippen MR) is 60.7 cm³/mol. The molecule has 0 atom stereocenters. The van der Waals surface area contributed by atoms with E-state index >= 15 is 0 Å². The first-order chi connectivity index (χ1) is 7.00. The van der Waals surface area contributed by atoms with Gasteiger partial charge in [-0.2, -0.15) is 0 Å². The third-order valence-electron chi connectivity index (χ3n) is 1.79. The number of benzene rings is 1. The summed E-state index contributed by atoms with van der Waals surface area (Å²) in [6.07, 6.45) is 0.118. The van der Waals surface area contributed by atoms with Crippen molar-refractivity contribution in [1.82, 2.24) is 0 Å². The van der Waals surface area contributed by atoms with Gasteiger partial charge in [-0.25, -0.2) is 0 Å². The first kappa shape index (κ1) is 12.1. The van der Waals surface area contributed by atoms with Crippen LogP contribution in [0.4, 0.5) is 5.69 Å². The van der Waals surface area contributed by atoms with Crippen molar-refractivity contribution in [3.8, 4) is 0 Å². The summed E-state index contributed by atoms with van der Waals surface area (Å²) < 4.78 is 5.85. The third-order valence-corrected chi connectivity index (χ3v) is 2.46. The fourth-order valence-corrected chi connectivity index (χ4v) is 1.44. The highest BCUT2D eigenvalue weighted by Crippen LogP contribution is 2.25. The lowest BCUT2D eigenvalue weighted by molar-refractivity contribution is -0.385. The molecule has 82 valence electrons. The summed E-state index contributed by atoms with van der Waals surface area (Å²) in [5.74, 6) is 0. The molecule has 15 heavy (non-hydrogen) atoms. The molecule has 1 rings (SSSR count). The summed E-state index contributed by atoms with van der Waals surface area (Å²) in [5.41, 5.74) is 0.874. The normalized spacial score (nSPS) is 10.7. The van der Waals surface area contributed by atoms with E-state index < -0.39 is 4.92 Å². The molecule has 0 heterocycles. The van der Waals surface area contributed by atoms with Crippen LogP contribution in [0.2, 0.25) is 0 Å². The second kappa shape index (κ2) is 5.23. The van der Waals surface area contributed by atoms with E-state index in [0.29, 0.717) is 11.1 Å². The zero-order valence-electron chi connectivity index (χ0n) is 8.57. The maximum absolute atomic E-state index is 10.6. The Labute approximate surface area is 96.5 Å². The zero-order chi connectivity index (χ0) is 11.4. The first-order valence-corrected chi connectivity index (χ1v) is 5.34. The van der Waals surface area contributed by atoms with Crippen LogP contribution in [0.3, 0.4) is 0 Å². The molecule has 0 aliphatic rings. The van der Waals surface area contributed by atoms with Crippen LogP contribution in [0.5, 0.6) is 0 Å². The van der Waals surface area contributed by atoms with Crippen molar-refractivity contribution >= 4 is 21.6 Å². The summed E-state index contributed by atoms with van der Waals surface area (Å²) in [6.45, 7) is 4.24. The van der Waals surface area contributed by atoms with Crippen molar-refractivity contribution in [2.24, 2.45) is 0 Å². The SMILES string of the molecule is CC(C)OCc1ccc(Br)c([N+](=O)[O-])c1. The van der Waals surface area contributed by atoms with Gasteiger partial charge in [0, 0.05) is 6.07 Å². The van der Waals surface area contributed by atoms with Crippen LogP contribution in [-0.4, -0.2) is 11.0 Å². The highest BCUT2D eigenvalue weighted by molar-refractivity contribution is 9.10. The summed E-state index contributed by atoms with van der Waals surface area (Å²) in [7, 11) is 0. The fourth-order valence-electron chi connectivity index (χ4n) is 1.05. The van der Waals surface area contributed by atoms with Crippen molar-refractivity contribution in [3.63, 3.8) is 0 Å². The highest BCUT2D eigenvalue weighted by atomic mass is 79.9. The minimum absolute atomic E-state index is 0.0693. The molecule has 4 nitrogen and oxygen atoms in total. The Morgan fingerprint density at radius 2 is 2.20 bits per heavy atom.